The van der Waals surface area contributed by atoms with Crippen LogP contribution in [0, 0.1) is 0 Å². The molecule has 0 amide bonds. The maximum atomic E-state index is 10.7. The Bertz CT molecular complexity index is 652. The predicted octanol–water partition coefficient (Wildman–Crippen LogP) is 6.26. The first-order valence-corrected chi connectivity index (χ1v) is 11.2. The Morgan fingerprint density at radius 2 is 1.54 bits per heavy atom. The number of unbranched alkanes of at least 4 members (excludes halogenated alkanes) is 1. The molecule has 0 aliphatic heterocycles. The number of thioether (sulfide) groups is 2. The van der Waals surface area contributed by atoms with E-state index < -0.39 is 5.97 Å². The minimum absolute atomic E-state index is 0.155. The van der Waals surface area contributed by atoms with Gasteiger partial charge in [-0.25, -0.2) is 0 Å². The van der Waals surface area contributed by atoms with Crippen LogP contribution in [-0.4, -0.2) is 22.1 Å². The number of carbonyl (C=O) groups is 1. The van der Waals surface area contributed by atoms with Crippen LogP contribution in [-0.2, 0) is 16.3 Å². The highest BCUT2D eigenvalue weighted by atomic mass is 32.2. The van der Waals surface area contributed by atoms with Crippen LogP contribution < -0.4 is 0 Å². The zero-order valence-corrected chi connectivity index (χ0v) is 16.7. The van der Waals surface area contributed by atoms with Crippen molar-refractivity contribution in [1.29, 1.82) is 0 Å². The van der Waals surface area contributed by atoms with Gasteiger partial charge in [-0.1, -0.05) is 67.1 Å². The SMILES string of the molecule is [2H]C(CC(CCCCC(=O)O)SCc1ccccc1)SCc1ccccc1. The van der Waals surface area contributed by atoms with Gasteiger partial charge in [-0.15, -0.1) is 0 Å². The molecule has 2 rings (SSSR count). The van der Waals surface area contributed by atoms with Gasteiger partial charge in [0.25, 0.3) is 0 Å². The van der Waals surface area contributed by atoms with Crippen molar-refractivity contribution in [1.82, 2.24) is 0 Å². The van der Waals surface area contributed by atoms with Crippen molar-refractivity contribution in [2.75, 3.05) is 5.73 Å². The first-order chi connectivity index (χ1) is 13.1. The van der Waals surface area contributed by atoms with Crippen molar-refractivity contribution in [3.63, 3.8) is 0 Å². The second-order valence-electron chi connectivity index (χ2n) is 6.26. The van der Waals surface area contributed by atoms with E-state index in [1.165, 1.54) is 11.1 Å². The Morgan fingerprint density at radius 3 is 2.15 bits per heavy atom. The van der Waals surface area contributed by atoms with E-state index in [1.54, 1.807) is 11.8 Å². The van der Waals surface area contributed by atoms with E-state index in [2.05, 4.69) is 36.4 Å². The minimum Gasteiger partial charge on any atom is -0.481 e. The molecule has 2 atom stereocenters. The Hall–Kier alpha value is -1.39. The molecule has 0 aliphatic carbocycles. The summed E-state index contributed by atoms with van der Waals surface area (Å²) in [5.41, 5.74) is 2.41. The fourth-order valence-electron chi connectivity index (χ4n) is 2.61. The topological polar surface area (TPSA) is 37.3 Å². The highest BCUT2D eigenvalue weighted by Crippen LogP contribution is 2.27. The smallest absolute Gasteiger partial charge is 0.303 e. The minimum atomic E-state index is -0.722. The number of hydrogen-bond acceptors (Lipinski definition) is 3. The van der Waals surface area contributed by atoms with Crippen LogP contribution in [0.2, 0.25) is 0 Å². The molecule has 4 heteroatoms. The highest BCUT2D eigenvalue weighted by Gasteiger charge is 2.10. The van der Waals surface area contributed by atoms with Crippen molar-refractivity contribution in [3.8, 4) is 0 Å². The molecule has 0 heterocycles. The van der Waals surface area contributed by atoms with E-state index in [0.29, 0.717) is 5.25 Å². The molecule has 2 aromatic carbocycles. The van der Waals surface area contributed by atoms with E-state index in [4.69, 9.17) is 6.48 Å². The van der Waals surface area contributed by atoms with Crippen LogP contribution in [0.1, 0.15) is 44.6 Å². The lowest BCUT2D eigenvalue weighted by molar-refractivity contribution is -0.137. The summed E-state index contributed by atoms with van der Waals surface area (Å²) in [7, 11) is 0. The third-order valence-electron chi connectivity index (χ3n) is 4.07. The van der Waals surface area contributed by atoms with Gasteiger partial charge < -0.3 is 5.11 Å². The molecule has 0 spiro atoms. The van der Waals surface area contributed by atoms with Gasteiger partial charge in [0, 0.05) is 24.5 Å². The van der Waals surface area contributed by atoms with Gasteiger partial charge in [-0.05, 0) is 36.1 Å². The second-order valence-corrected chi connectivity index (χ2v) is 8.50. The number of hydrogen-bond donors (Lipinski definition) is 1. The lowest BCUT2D eigenvalue weighted by Gasteiger charge is -2.16. The Balaban J connectivity index is 1.80. The third kappa shape index (κ3) is 9.35. The average Bonchev–Trinajstić information content (AvgIpc) is 2.69. The molecule has 140 valence electrons. The molecule has 26 heavy (non-hydrogen) atoms. The molecule has 2 unspecified atom stereocenters. The Kier molecular flexibility index (Phi) is 9.60. The Morgan fingerprint density at radius 1 is 0.923 bits per heavy atom. The van der Waals surface area contributed by atoms with Crippen LogP contribution in [0.4, 0.5) is 0 Å². The van der Waals surface area contributed by atoms with Crippen molar-refractivity contribution < 1.29 is 11.3 Å². The second kappa shape index (κ2) is 12.9. The molecular weight excluding hydrogens is 360 g/mol. The van der Waals surface area contributed by atoms with Crippen LogP contribution >= 0.6 is 23.5 Å². The van der Waals surface area contributed by atoms with Gasteiger partial charge in [0.05, 0.1) is 0 Å². The number of carboxylic acids is 1. The molecule has 2 nitrogen and oxygen atoms in total. The monoisotopic (exact) mass is 389 g/mol. The van der Waals surface area contributed by atoms with Gasteiger partial charge >= 0.3 is 5.97 Å². The van der Waals surface area contributed by atoms with E-state index in [0.717, 1.165) is 37.2 Å². The van der Waals surface area contributed by atoms with Crippen molar-refractivity contribution >= 4 is 29.5 Å². The maximum absolute atomic E-state index is 10.7. The normalized spacial score (nSPS) is 13.8. The van der Waals surface area contributed by atoms with Crippen molar-refractivity contribution in [2.24, 2.45) is 0 Å². The highest BCUT2D eigenvalue weighted by molar-refractivity contribution is 7.99. The fourth-order valence-corrected chi connectivity index (χ4v) is 4.79. The lowest BCUT2D eigenvalue weighted by atomic mass is 10.1. The van der Waals surface area contributed by atoms with E-state index in [9.17, 15) is 4.79 Å². The summed E-state index contributed by atoms with van der Waals surface area (Å²) in [5.74, 6) is 1.09. The molecule has 2 aromatic rings. The fraction of sp³-hybridized carbons (Fsp3) is 0.409. The summed E-state index contributed by atoms with van der Waals surface area (Å²) < 4.78 is 8.44. The average molecular weight is 390 g/mol. The molecule has 0 aliphatic rings. The predicted molar refractivity (Wildman–Crippen MR) is 115 cm³/mol. The van der Waals surface area contributed by atoms with E-state index >= 15 is 0 Å². The largest absolute Gasteiger partial charge is 0.481 e. The van der Waals surface area contributed by atoms with Gasteiger partial charge in [-0.3, -0.25) is 4.79 Å². The lowest BCUT2D eigenvalue weighted by Crippen LogP contribution is -2.06. The van der Waals surface area contributed by atoms with Crippen LogP contribution in [0.15, 0.2) is 60.7 Å². The van der Waals surface area contributed by atoms with E-state index in [1.807, 2.05) is 36.0 Å². The Labute approximate surface area is 167 Å². The maximum Gasteiger partial charge on any atom is 0.303 e. The molecule has 1 N–H and O–H groups in total. The summed E-state index contributed by atoms with van der Waals surface area (Å²) in [6, 6.07) is 20.7. The van der Waals surface area contributed by atoms with Gasteiger partial charge in [0.1, 0.15) is 0 Å². The number of benzene rings is 2. The summed E-state index contributed by atoms with van der Waals surface area (Å²) in [6.07, 6.45) is 3.68. The molecule has 0 saturated heterocycles. The third-order valence-corrected chi connectivity index (χ3v) is 6.39. The zero-order chi connectivity index (χ0) is 19.3. The van der Waals surface area contributed by atoms with Crippen LogP contribution in [0.3, 0.4) is 0 Å². The van der Waals surface area contributed by atoms with Gasteiger partial charge in [0.2, 0.25) is 0 Å². The summed E-state index contributed by atoms with van der Waals surface area (Å²) in [5, 5.41) is 9.21. The molecule has 0 saturated carbocycles. The molecule has 0 fully saturated rings. The molecular formula is C22H28O2S2. The molecule has 0 radical (unpaired) electrons. The number of carboxylic acid groups (broad SMARTS) is 1. The molecule has 0 aromatic heterocycles. The first kappa shape index (κ1) is 19.4. The quantitative estimate of drug-likeness (QED) is 0.410. The van der Waals surface area contributed by atoms with Crippen LogP contribution in [0.25, 0.3) is 0 Å². The summed E-state index contributed by atoms with van der Waals surface area (Å²) in [4.78, 5) is 10.7. The van der Waals surface area contributed by atoms with Gasteiger partial charge in [0.15, 0.2) is 0 Å². The molecule has 0 bridgehead atoms. The standard InChI is InChI=1S/C22H28O2S2/c23-22(24)14-8-7-13-21(26-18-20-11-5-2-6-12-20)15-16-25-17-19-9-3-1-4-10-19/h1-6,9-12,21H,7-8,13-18H2,(H,23,24)/i16D. The number of aliphatic carboxylic acids is 1. The number of rotatable bonds is 13. The van der Waals surface area contributed by atoms with Crippen molar-refractivity contribution in [3.05, 3.63) is 71.8 Å². The van der Waals surface area contributed by atoms with E-state index in [-0.39, 0.29) is 12.1 Å². The first-order valence-electron chi connectivity index (χ1n) is 9.66. The summed E-state index contributed by atoms with van der Waals surface area (Å²) >= 11 is 3.59. The van der Waals surface area contributed by atoms with Gasteiger partial charge in [-0.2, -0.15) is 23.5 Å². The van der Waals surface area contributed by atoms with Crippen LogP contribution in [0.5, 0.6) is 0 Å². The van der Waals surface area contributed by atoms with Crippen molar-refractivity contribution in [2.45, 2.75) is 48.9 Å². The zero-order valence-electron chi connectivity index (χ0n) is 16.0. The summed E-state index contributed by atoms with van der Waals surface area (Å²) in [6.45, 7) is 0.